The summed E-state index contributed by atoms with van der Waals surface area (Å²) in [5.41, 5.74) is 1.32. The predicted molar refractivity (Wildman–Crippen MR) is 122 cm³/mol. The molecule has 3 aromatic carbocycles. The average molecular weight is 453 g/mol. The topological polar surface area (TPSA) is 92.8 Å². The molecule has 32 heavy (non-hydrogen) atoms. The van der Waals surface area contributed by atoms with Crippen molar-refractivity contribution in [3.63, 3.8) is 0 Å². The third-order valence-electron chi connectivity index (χ3n) is 5.55. The van der Waals surface area contributed by atoms with Gasteiger partial charge < -0.3 is 4.74 Å². The number of fused-ring (bicyclic) bond motifs is 1. The summed E-state index contributed by atoms with van der Waals surface area (Å²) in [6, 6.07) is 18.4. The SMILES string of the molecule is COc1ccc(S(=O)(=O)NCCCc2cccc3ccccc23)cc1N1C(=O)CCC1=O. The summed E-state index contributed by atoms with van der Waals surface area (Å²) in [5.74, 6) is -0.472. The second-order valence-corrected chi connectivity index (χ2v) is 9.36. The van der Waals surface area contributed by atoms with Gasteiger partial charge >= 0.3 is 0 Å². The van der Waals surface area contributed by atoms with Gasteiger partial charge in [0, 0.05) is 19.4 Å². The molecule has 0 aromatic heterocycles. The van der Waals surface area contributed by atoms with Crippen molar-refractivity contribution in [3.05, 3.63) is 66.2 Å². The maximum absolute atomic E-state index is 12.8. The van der Waals surface area contributed by atoms with Crippen LogP contribution in [-0.4, -0.2) is 33.9 Å². The van der Waals surface area contributed by atoms with E-state index in [4.69, 9.17) is 4.74 Å². The van der Waals surface area contributed by atoms with Gasteiger partial charge in [-0.05, 0) is 47.4 Å². The van der Waals surface area contributed by atoms with Crippen LogP contribution in [0.4, 0.5) is 5.69 Å². The van der Waals surface area contributed by atoms with Crippen molar-refractivity contribution in [2.75, 3.05) is 18.6 Å². The number of methoxy groups -OCH3 is 1. The van der Waals surface area contributed by atoms with E-state index in [0.717, 1.165) is 22.1 Å². The van der Waals surface area contributed by atoms with Crippen LogP contribution in [0.1, 0.15) is 24.8 Å². The van der Waals surface area contributed by atoms with E-state index in [0.29, 0.717) is 6.42 Å². The molecular weight excluding hydrogens is 428 g/mol. The number of nitrogens with one attached hydrogen (secondary N) is 1. The summed E-state index contributed by atoms with van der Waals surface area (Å²) in [6.07, 6.45) is 1.56. The Bertz CT molecular complexity index is 1270. The molecule has 1 heterocycles. The molecule has 8 heteroatoms. The summed E-state index contributed by atoms with van der Waals surface area (Å²) < 4.78 is 33.5. The number of hydrogen-bond acceptors (Lipinski definition) is 5. The maximum Gasteiger partial charge on any atom is 0.240 e. The molecule has 1 fully saturated rings. The summed E-state index contributed by atoms with van der Waals surface area (Å²) in [7, 11) is -2.42. The number of carbonyl (C=O) groups is 2. The minimum atomic E-state index is -3.82. The minimum absolute atomic E-state index is 0.0223. The summed E-state index contributed by atoms with van der Waals surface area (Å²) in [6.45, 7) is 0.258. The van der Waals surface area contributed by atoms with E-state index in [2.05, 4.69) is 29.0 Å². The van der Waals surface area contributed by atoms with Crippen molar-refractivity contribution in [1.82, 2.24) is 4.72 Å². The molecule has 166 valence electrons. The van der Waals surface area contributed by atoms with Gasteiger partial charge in [-0.2, -0.15) is 0 Å². The second-order valence-electron chi connectivity index (χ2n) is 7.60. The van der Waals surface area contributed by atoms with Gasteiger partial charge in [-0.15, -0.1) is 0 Å². The number of anilines is 1. The molecule has 0 spiro atoms. The Morgan fingerprint density at radius 1 is 0.969 bits per heavy atom. The van der Waals surface area contributed by atoms with Gasteiger partial charge in [0.05, 0.1) is 17.7 Å². The molecule has 1 aliphatic heterocycles. The highest BCUT2D eigenvalue weighted by Crippen LogP contribution is 2.34. The Morgan fingerprint density at radius 2 is 1.69 bits per heavy atom. The highest BCUT2D eigenvalue weighted by atomic mass is 32.2. The number of carbonyl (C=O) groups excluding carboxylic acids is 2. The van der Waals surface area contributed by atoms with Crippen molar-refractivity contribution in [1.29, 1.82) is 0 Å². The number of aryl methyl sites for hydroxylation is 1. The number of rotatable bonds is 8. The highest BCUT2D eigenvalue weighted by molar-refractivity contribution is 7.89. The zero-order chi connectivity index (χ0) is 22.7. The second kappa shape index (κ2) is 9.10. The van der Waals surface area contributed by atoms with Crippen molar-refractivity contribution >= 4 is 38.3 Å². The van der Waals surface area contributed by atoms with Gasteiger partial charge in [0.25, 0.3) is 0 Å². The van der Waals surface area contributed by atoms with E-state index in [1.807, 2.05) is 18.2 Å². The van der Waals surface area contributed by atoms with E-state index >= 15 is 0 Å². The first-order valence-corrected chi connectivity index (χ1v) is 11.9. The fourth-order valence-electron chi connectivity index (χ4n) is 3.94. The summed E-state index contributed by atoms with van der Waals surface area (Å²) in [4.78, 5) is 25.3. The molecule has 0 radical (unpaired) electrons. The molecule has 1 aliphatic rings. The predicted octanol–water partition coefficient (Wildman–Crippen LogP) is 3.41. The van der Waals surface area contributed by atoms with E-state index in [1.54, 1.807) is 0 Å². The van der Waals surface area contributed by atoms with Crippen molar-refractivity contribution in [3.8, 4) is 5.75 Å². The number of sulfonamides is 1. The first-order valence-electron chi connectivity index (χ1n) is 10.4. The lowest BCUT2D eigenvalue weighted by molar-refractivity contribution is -0.121. The molecule has 0 aliphatic carbocycles. The van der Waals surface area contributed by atoms with Crippen LogP contribution in [0.15, 0.2) is 65.6 Å². The lowest BCUT2D eigenvalue weighted by Gasteiger charge is -2.18. The molecule has 0 saturated carbocycles. The molecule has 0 bridgehead atoms. The number of nitrogens with zero attached hydrogens (tertiary/aromatic N) is 1. The van der Waals surface area contributed by atoms with Crippen LogP contribution in [0.2, 0.25) is 0 Å². The average Bonchev–Trinajstić information content (AvgIpc) is 3.14. The maximum atomic E-state index is 12.8. The minimum Gasteiger partial charge on any atom is -0.495 e. The van der Waals surface area contributed by atoms with E-state index in [1.165, 1.54) is 30.9 Å². The molecule has 7 nitrogen and oxygen atoms in total. The van der Waals surface area contributed by atoms with Crippen LogP contribution in [-0.2, 0) is 26.0 Å². The molecule has 4 rings (SSSR count). The standard InChI is InChI=1S/C24H24N2O5S/c1-31-22-12-11-19(16-21(22)26-23(27)13-14-24(26)28)32(29,30)25-15-5-9-18-8-4-7-17-6-2-3-10-20(17)18/h2-4,6-8,10-12,16,25H,5,9,13-15H2,1H3. The quantitative estimate of drug-likeness (QED) is 0.418. The monoisotopic (exact) mass is 452 g/mol. The summed E-state index contributed by atoms with van der Waals surface area (Å²) >= 11 is 0. The first-order chi connectivity index (χ1) is 15.4. The lowest BCUT2D eigenvalue weighted by Crippen LogP contribution is -2.30. The van der Waals surface area contributed by atoms with E-state index < -0.39 is 10.0 Å². The van der Waals surface area contributed by atoms with E-state index in [9.17, 15) is 18.0 Å². The van der Waals surface area contributed by atoms with Crippen LogP contribution in [0.3, 0.4) is 0 Å². The van der Waals surface area contributed by atoms with Crippen LogP contribution < -0.4 is 14.4 Å². The molecule has 0 unspecified atom stereocenters. The molecule has 1 N–H and O–H groups in total. The highest BCUT2D eigenvalue weighted by Gasteiger charge is 2.33. The van der Waals surface area contributed by atoms with Crippen molar-refractivity contribution < 1.29 is 22.7 Å². The number of ether oxygens (including phenoxy) is 1. The summed E-state index contributed by atoms with van der Waals surface area (Å²) in [5, 5.41) is 2.32. The largest absolute Gasteiger partial charge is 0.495 e. The Kier molecular flexibility index (Phi) is 6.25. The van der Waals surface area contributed by atoms with Gasteiger partial charge in [0.1, 0.15) is 5.75 Å². The normalized spacial score (nSPS) is 14.3. The number of hydrogen-bond donors (Lipinski definition) is 1. The first kappa shape index (κ1) is 22.0. The third kappa shape index (κ3) is 4.37. The zero-order valence-electron chi connectivity index (χ0n) is 17.7. The number of benzene rings is 3. The van der Waals surface area contributed by atoms with E-state index in [-0.39, 0.29) is 47.5 Å². The lowest BCUT2D eigenvalue weighted by atomic mass is 10.0. The van der Waals surface area contributed by atoms with Gasteiger partial charge in [-0.1, -0.05) is 42.5 Å². The van der Waals surface area contributed by atoms with Gasteiger partial charge in [0.2, 0.25) is 21.8 Å². The van der Waals surface area contributed by atoms with Crippen molar-refractivity contribution in [2.45, 2.75) is 30.6 Å². The van der Waals surface area contributed by atoms with Crippen LogP contribution >= 0.6 is 0 Å². The van der Waals surface area contributed by atoms with Gasteiger partial charge in [0.15, 0.2) is 0 Å². The van der Waals surface area contributed by atoms with Gasteiger partial charge in [-0.25, -0.2) is 18.0 Å². The fraction of sp³-hybridized carbons (Fsp3) is 0.250. The molecule has 0 atom stereocenters. The molecular formula is C24H24N2O5S. The zero-order valence-corrected chi connectivity index (χ0v) is 18.5. The van der Waals surface area contributed by atoms with Gasteiger partial charge in [-0.3, -0.25) is 9.59 Å². The smallest absolute Gasteiger partial charge is 0.240 e. The number of imide groups is 1. The molecule has 1 saturated heterocycles. The Labute approximate surface area is 187 Å². The number of amides is 2. The fourth-order valence-corrected chi connectivity index (χ4v) is 5.03. The Balaban J connectivity index is 1.47. The third-order valence-corrected chi connectivity index (χ3v) is 7.01. The van der Waals surface area contributed by atoms with Crippen molar-refractivity contribution in [2.24, 2.45) is 0 Å². The van der Waals surface area contributed by atoms with Crippen LogP contribution in [0.5, 0.6) is 5.75 Å². The van der Waals surface area contributed by atoms with Crippen LogP contribution in [0, 0.1) is 0 Å². The Morgan fingerprint density at radius 3 is 2.44 bits per heavy atom. The Hall–Kier alpha value is -3.23. The van der Waals surface area contributed by atoms with Crippen LogP contribution in [0.25, 0.3) is 10.8 Å². The molecule has 3 aromatic rings. The molecule has 2 amide bonds.